The van der Waals surface area contributed by atoms with Crippen molar-refractivity contribution in [3.05, 3.63) is 23.1 Å². The van der Waals surface area contributed by atoms with E-state index in [4.69, 9.17) is 16.0 Å². The summed E-state index contributed by atoms with van der Waals surface area (Å²) in [5.41, 5.74) is -0.127. The van der Waals surface area contributed by atoms with E-state index in [2.05, 4.69) is 12.2 Å². The van der Waals surface area contributed by atoms with Gasteiger partial charge in [-0.15, -0.1) is 0 Å². The molecule has 0 saturated carbocycles. The van der Waals surface area contributed by atoms with E-state index < -0.39 is 0 Å². The first kappa shape index (κ1) is 10.6. The molecule has 1 saturated heterocycles. The molecule has 1 amide bonds. The fourth-order valence-electron chi connectivity index (χ4n) is 2.08. The number of nitrogens with one attached hydrogen (secondary N) is 1. The maximum absolute atomic E-state index is 11.2. The summed E-state index contributed by atoms with van der Waals surface area (Å²) in [5, 5.41) is 3.44. The molecule has 82 valence electrons. The molecule has 2 rings (SSSR count). The van der Waals surface area contributed by atoms with E-state index in [-0.39, 0.29) is 11.4 Å². The molecule has 4 heteroatoms. The van der Waals surface area contributed by atoms with Gasteiger partial charge >= 0.3 is 0 Å². The first-order valence-electron chi connectivity index (χ1n) is 5.19. The number of hydrogen-bond donors (Lipinski definition) is 1. The molecule has 3 nitrogen and oxygen atoms in total. The molecule has 0 bridgehead atoms. The predicted octanol–water partition coefficient (Wildman–Crippen LogP) is 2.53. The minimum absolute atomic E-state index is 0.127. The SMILES string of the molecule is CCC1(Cc2ccc(Cl)o2)CCC(=O)N1. The first-order chi connectivity index (χ1) is 7.13. The molecular formula is C11H14ClNO2. The highest BCUT2D eigenvalue weighted by Crippen LogP contribution is 2.29. The van der Waals surface area contributed by atoms with Gasteiger partial charge < -0.3 is 9.73 Å². The Bertz CT molecular complexity index is 374. The van der Waals surface area contributed by atoms with Crippen molar-refractivity contribution in [2.24, 2.45) is 0 Å². The quantitative estimate of drug-likeness (QED) is 0.862. The van der Waals surface area contributed by atoms with Crippen molar-refractivity contribution in [1.29, 1.82) is 0 Å². The fourth-order valence-corrected chi connectivity index (χ4v) is 2.24. The van der Waals surface area contributed by atoms with Crippen molar-refractivity contribution in [2.75, 3.05) is 0 Å². The maximum Gasteiger partial charge on any atom is 0.220 e. The van der Waals surface area contributed by atoms with Crippen molar-refractivity contribution in [3.8, 4) is 0 Å². The standard InChI is InChI=1S/C11H14ClNO2/c1-2-11(6-5-10(14)13-11)7-8-3-4-9(12)15-8/h3-4H,2,5-7H2,1H3,(H,13,14). The minimum Gasteiger partial charge on any atom is -0.450 e. The summed E-state index contributed by atoms with van der Waals surface area (Å²) in [6.07, 6.45) is 3.13. The molecule has 1 aliphatic heterocycles. The van der Waals surface area contributed by atoms with Gasteiger partial charge in [0.2, 0.25) is 5.91 Å². The van der Waals surface area contributed by atoms with E-state index in [0.29, 0.717) is 11.6 Å². The molecule has 1 atom stereocenters. The topological polar surface area (TPSA) is 42.2 Å². The Labute approximate surface area is 93.8 Å². The molecule has 1 aromatic rings. The number of hydrogen-bond acceptors (Lipinski definition) is 2. The maximum atomic E-state index is 11.2. The van der Waals surface area contributed by atoms with E-state index in [1.54, 1.807) is 6.07 Å². The predicted molar refractivity (Wildman–Crippen MR) is 57.8 cm³/mol. The summed E-state index contributed by atoms with van der Waals surface area (Å²) in [7, 11) is 0. The van der Waals surface area contributed by atoms with Gasteiger partial charge in [0.25, 0.3) is 0 Å². The van der Waals surface area contributed by atoms with Crippen molar-refractivity contribution in [1.82, 2.24) is 5.32 Å². The number of amides is 1. The normalized spacial score (nSPS) is 25.6. The molecular weight excluding hydrogens is 214 g/mol. The molecule has 0 aliphatic carbocycles. The average molecular weight is 228 g/mol. The van der Waals surface area contributed by atoms with Gasteiger partial charge in [0.1, 0.15) is 5.76 Å². The number of rotatable bonds is 3. The van der Waals surface area contributed by atoms with Gasteiger partial charge in [-0.2, -0.15) is 0 Å². The molecule has 1 N–H and O–H groups in total. The average Bonchev–Trinajstić information content (AvgIpc) is 2.75. The number of carbonyl (C=O) groups is 1. The Hall–Kier alpha value is -0.960. The molecule has 1 unspecified atom stereocenters. The second-order valence-electron chi connectivity index (χ2n) is 4.06. The van der Waals surface area contributed by atoms with E-state index in [1.807, 2.05) is 6.07 Å². The van der Waals surface area contributed by atoms with Crippen LogP contribution in [0.5, 0.6) is 0 Å². The highest BCUT2D eigenvalue weighted by Gasteiger charge is 2.36. The van der Waals surface area contributed by atoms with Crippen LogP contribution in [0.3, 0.4) is 0 Å². The Morgan fingerprint density at radius 3 is 2.87 bits per heavy atom. The first-order valence-corrected chi connectivity index (χ1v) is 5.56. The molecule has 0 spiro atoms. The van der Waals surface area contributed by atoms with E-state index in [0.717, 1.165) is 25.0 Å². The van der Waals surface area contributed by atoms with Gasteiger partial charge in [0.05, 0.1) is 0 Å². The molecule has 2 heterocycles. The zero-order chi connectivity index (χ0) is 10.9. The second kappa shape index (κ2) is 3.89. The molecule has 1 fully saturated rings. The number of halogens is 1. The Kier molecular flexibility index (Phi) is 2.74. The largest absolute Gasteiger partial charge is 0.450 e. The molecule has 0 aromatic carbocycles. The summed E-state index contributed by atoms with van der Waals surface area (Å²) < 4.78 is 5.32. The van der Waals surface area contributed by atoms with Gasteiger partial charge in [-0.1, -0.05) is 6.92 Å². The Morgan fingerprint density at radius 1 is 1.60 bits per heavy atom. The van der Waals surface area contributed by atoms with Crippen LogP contribution in [0, 0.1) is 0 Å². The lowest BCUT2D eigenvalue weighted by Crippen LogP contribution is -2.42. The van der Waals surface area contributed by atoms with Gasteiger partial charge in [-0.05, 0) is 36.6 Å². The Morgan fingerprint density at radius 2 is 2.40 bits per heavy atom. The van der Waals surface area contributed by atoms with Crippen molar-refractivity contribution in [3.63, 3.8) is 0 Å². The third-order valence-electron chi connectivity index (χ3n) is 3.05. The van der Waals surface area contributed by atoms with Crippen molar-refractivity contribution in [2.45, 2.75) is 38.1 Å². The van der Waals surface area contributed by atoms with Crippen molar-refractivity contribution < 1.29 is 9.21 Å². The Balaban J connectivity index is 2.11. The van der Waals surface area contributed by atoms with Crippen LogP contribution >= 0.6 is 11.6 Å². The lowest BCUT2D eigenvalue weighted by Gasteiger charge is -2.26. The van der Waals surface area contributed by atoms with E-state index in [1.165, 1.54) is 0 Å². The zero-order valence-corrected chi connectivity index (χ0v) is 9.43. The van der Waals surface area contributed by atoms with Crippen LogP contribution in [-0.2, 0) is 11.2 Å². The van der Waals surface area contributed by atoms with Crippen molar-refractivity contribution >= 4 is 17.5 Å². The summed E-state index contributed by atoms with van der Waals surface area (Å²) in [6.45, 7) is 2.08. The van der Waals surface area contributed by atoms with E-state index in [9.17, 15) is 4.79 Å². The highest BCUT2D eigenvalue weighted by molar-refractivity contribution is 6.28. The summed E-state index contributed by atoms with van der Waals surface area (Å²) >= 11 is 5.71. The van der Waals surface area contributed by atoms with Crippen LogP contribution in [0.25, 0.3) is 0 Å². The smallest absolute Gasteiger partial charge is 0.220 e. The summed E-state index contributed by atoms with van der Waals surface area (Å²) in [4.78, 5) is 11.2. The third kappa shape index (κ3) is 2.17. The van der Waals surface area contributed by atoms with Crippen LogP contribution in [0.15, 0.2) is 16.5 Å². The second-order valence-corrected chi connectivity index (χ2v) is 4.44. The van der Waals surface area contributed by atoms with E-state index >= 15 is 0 Å². The van der Waals surface area contributed by atoms with Gasteiger partial charge in [0.15, 0.2) is 5.22 Å². The van der Waals surface area contributed by atoms with Gasteiger partial charge in [0, 0.05) is 18.4 Å². The van der Waals surface area contributed by atoms with Gasteiger partial charge in [-0.3, -0.25) is 4.79 Å². The number of carbonyl (C=O) groups excluding carboxylic acids is 1. The summed E-state index contributed by atoms with van der Waals surface area (Å²) in [5.74, 6) is 0.971. The molecule has 1 aromatic heterocycles. The zero-order valence-electron chi connectivity index (χ0n) is 8.68. The monoisotopic (exact) mass is 227 g/mol. The molecule has 1 aliphatic rings. The van der Waals surface area contributed by atoms with Gasteiger partial charge in [-0.25, -0.2) is 0 Å². The fraction of sp³-hybridized carbons (Fsp3) is 0.545. The molecule has 0 radical (unpaired) electrons. The minimum atomic E-state index is -0.127. The van der Waals surface area contributed by atoms with Crippen LogP contribution in [0.2, 0.25) is 5.22 Å². The lowest BCUT2D eigenvalue weighted by atomic mass is 9.89. The number of furan rings is 1. The van der Waals surface area contributed by atoms with Crippen LogP contribution in [-0.4, -0.2) is 11.4 Å². The van der Waals surface area contributed by atoms with Crippen LogP contribution in [0.4, 0.5) is 0 Å². The summed E-state index contributed by atoms with van der Waals surface area (Å²) in [6, 6.07) is 3.60. The lowest BCUT2D eigenvalue weighted by molar-refractivity contribution is -0.119. The van der Waals surface area contributed by atoms with Crippen LogP contribution < -0.4 is 5.32 Å². The third-order valence-corrected chi connectivity index (χ3v) is 3.26. The molecule has 15 heavy (non-hydrogen) atoms. The highest BCUT2D eigenvalue weighted by atomic mass is 35.5. The van der Waals surface area contributed by atoms with Crippen LogP contribution in [0.1, 0.15) is 31.9 Å².